The van der Waals surface area contributed by atoms with Crippen LogP contribution in [-0.4, -0.2) is 10.8 Å². The Morgan fingerprint density at radius 3 is 2.78 bits per heavy atom. The average Bonchev–Trinajstić information content (AvgIpc) is 2.76. The number of carbonyl (C=O) groups is 1. The van der Waals surface area contributed by atoms with Gasteiger partial charge in [0.1, 0.15) is 0 Å². The molecule has 0 spiro atoms. The molecule has 7 heteroatoms. The molecule has 0 aliphatic heterocycles. The molecule has 1 amide bonds. The second kappa shape index (κ2) is 4.89. The Balaban J connectivity index is 2.20. The summed E-state index contributed by atoms with van der Waals surface area (Å²) >= 11 is 5.65. The molecule has 0 saturated heterocycles. The maximum Gasteiger partial charge on any atom is 0.271 e. The second-order valence-electron chi connectivity index (χ2n) is 3.37. The molecular formula is C11H7ClN2O4. The Bertz CT molecular complexity index is 609. The van der Waals surface area contributed by atoms with Crippen LogP contribution in [0.4, 0.5) is 11.4 Å². The monoisotopic (exact) mass is 266 g/mol. The smallest absolute Gasteiger partial charge is 0.271 e. The van der Waals surface area contributed by atoms with Crippen LogP contribution < -0.4 is 5.32 Å². The average molecular weight is 267 g/mol. The number of nitro groups is 1. The number of benzene rings is 1. The predicted octanol–water partition coefficient (Wildman–Crippen LogP) is 3.09. The summed E-state index contributed by atoms with van der Waals surface area (Å²) < 4.78 is 4.78. The van der Waals surface area contributed by atoms with Gasteiger partial charge in [-0.2, -0.15) is 0 Å². The van der Waals surface area contributed by atoms with E-state index in [9.17, 15) is 14.9 Å². The van der Waals surface area contributed by atoms with E-state index >= 15 is 0 Å². The van der Waals surface area contributed by atoms with Crippen molar-refractivity contribution in [2.75, 3.05) is 5.32 Å². The lowest BCUT2D eigenvalue weighted by atomic mass is 10.2. The first-order valence-electron chi connectivity index (χ1n) is 4.87. The molecule has 2 rings (SSSR count). The van der Waals surface area contributed by atoms with Gasteiger partial charge in [-0.25, -0.2) is 0 Å². The van der Waals surface area contributed by atoms with E-state index in [4.69, 9.17) is 16.0 Å². The summed E-state index contributed by atoms with van der Waals surface area (Å²) in [6, 6.07) is 7.02. The van der Waals surface area contributed by atoms with Gasteiger partial charge in [-0.1, -0.05) is 6.07 Å². The van der Waals surface area contributed by atoms with Crippen LogP contribution in [0.25, 0.3) is 0 Å². The molecule has 0 unspecified atom stereocenters. The Morgan fingerprint density at radius 1 is 1.39 bits per heavy atom. The third-order valence-corrected chi connectivity index (χ3v) is 2.47. The number of carbonyl (C=O) groups excluding carboxylic acids is 1. The number of nitrogens with zero attached hydrogens (tertiary/aromatic N) is 1. The van der Waals surface area contributed by atoms with Crippen LogP contribution in [0.1, 0.15) is 10.4 Å². The van der Waals surface area contributed by atoms with Gasteiger partial charge < -0.3 is 9.73 Å². The van der Waals surface area contributed by atoms with Gasteiger partial charge in [0.2, 0.25) is 5.22 Å². The van der Waals surface area contributed by atoms with Crippen molar-refractivity contribution in [1.29, 1.82) is 0 Å². The molecule has 18 heavy (non-hydrogen) atoms. The van der Waals surface area contributed by atoms with Crippen LogP contribution in [0, 0.1) is 10.1 Å². The van der Waals surface area contributed by atoms with E-state index in [0.717, 1.165) is 0 Å². The summed E-state index contributed by atoms with van der Waals surface area (Å²) in [7, 11) is 0. The standard InChI is InChI=1S/C11H7ClN2O4/c12-10-9(4-5-18-10)11(15)13-7-2-1-3-8(6-7)14(16)17/h1-6H,(H,13,15). The minimum absolute atomic E-state index is 0.0297. The lowest BCUT2D eigenvalue weighted by molar-refractivity contribution is -0.384. The maximum absolute atomic E-state index is 11.8. The van der Waals surface area contributed by atoms with Gasteiger partial charge in [-0.3, -0.25) is 14.9 Å². The normalized spacial score (nSPS) is 10.1. The highest BCUT2D eigenvalue weighted by molar-refractivity contribution is 6.32. The van der Waals surface area contributed by atoms with E-state index in [-0.39, 0.29) is 16.5 Å². The van der Waals surface area contributed by atoms with E-state index in [1.807, 2.05) is 0 Å². The van der Waals surface area contributed by atoms with Gasteiger partial charge in [0.25, 0.3) is 11.6 Å². The number of anilines is 1. The Hall–Kier alpha value is -2.34. The van der Waals surface area contributed by atoms with E-state index in [1.165, 1.54) is 30.5 Å². The van der Waals surface area contributed by atoms with E-state index in [2.05, 4.69) is 5.32 Å². The first-order valence-corrected chi connectivity index (χ1v) is 5.24. The van der Waals surface area contributed by atoms with Crippen molar-refractivity contribution in [3.05, 3.63) is 57.5 Å². The van der Waals surface area contributed by atoms with E-state index in [0.29, 0.717) is 5.69 Å². The van der Waals surface area contributed by atoms with Crippen molar-refractivity contribution < 1.29 is 14.1 Å². The highest BCUT2D eigenvalue weighted by atomic mass is 35.5. The fourth-order valence-electron chi connectivity index (χ4n) is 1.35. The first kappa shape index (κ1) is 12.1. The highest BCUT2D eigenvalue weighted by Crippen LogP contribution is 2.20. The number of nitro benzene ring substituents is 1. The molecule has 6 nitrogen and oxygen atoms in total. The number of hydrogen-bond donors (Lipinski definition) is 1. The number of hydrogen-bond acceptors (Lipinski definition) is 4. The molecule has 1 aromatic heterocycles. The predicted molar refractivity (Wildman–Crippen MR) is 64.8 cm³/mol. The van der Waals surface area contributed by atoms with Crippen LogP contribution in [-0.2, 0) is 0 Å². The summed E-state index contributed by atoms with van der Waals surface area (Å²) in [4.78, 5) is 21.8. The largest absolute Gasteiger partial charge is 0.452 e. The SMILES string of the molecule is O=C(Nc1cccc([N+](=O)[O-])c1)c1ccoc1Cl. The van der Waals surface area contributed by atoms with Crippen LogP contribution in [0.15, 0.2) is 41.0 Å². The van der Waals surface area contributed by atoms with Gasteiger partial charge >= 0.3 is 0 Å². The quantitative estimate of drug-likeness (QED) is 0.683. The minimum Gasteiger partial charge on any atom is -0.452 e. The molecule has 92 valence electrons. The summed E-state index contributed by atoms with van der Waals surface area (Å²) in [5.41, 5.74) is 0.376. The van der Waals surface area contributed by atoms with Crippen LogP contribution in [0.5, 0.6) is 0 Å². The number of amides is 1. The lowest BCUT2D eigenvalue weighted by Crippen LogP contribution is -2.11. The third kappa shape index (κ3) is 2.49. The molecule has 0 atom stereocenters. The Kier molecular flexibility index (Phi) is 3.29. The molecule has 0 bridgehead atoms. The third-order valence-electron chi connectivity index (χ3n) is 2.18. The minimum atomic E-state index is -0.541. The van der Waals surface area contributed by atoms with Gasteiger partial charge in [0.05, 0.1) is 16.7 Å². The topological polar surface area (TPSA) is 85.4 Å². The fraction of sp³-hybridized carbons (Fsp3) is 0. The zero-order valence-electron chi connectivity index (χ0n) is 8.92. The highest BCUT2D eigenvalue weighted by Gasteiger charge is 2.14. The summed E-state index contributed by atoms with van der Waals surface area (Å²) in [6.45, 7) is 0. The molecule has 0 radical (unpaired) electrons. The van der Waals surface area contributed by atoms with E-state index < -0.39 is 10.8 Å². The lowest BCUT2D eigenvalue weighted by Gasteiger charge is -2.03. The Labute approximate surface area is 106 Å². The molecule has 1 aromatic carbocycles. The zero-order chi connectivity index (χ0) is 13.1. The van der Waals surface area contributed by atoms with Gasteiger partial charge in [-0.15, -0.1) is 0 Å². The number of non-ortho nitro benzene ring substituents is 1. The van der Waals surface area contributed by atoms with Crippen LogP contribution >= 0.6 is 11.6 Å². The van der Waals surface area contributed by atoms with E-state index in [1.54, 1.807) is 6.07 Å². The summed E-state index contributed by atoms with van der Waals surface area (Å²) in [6.07, 6.45) is 1.28. The Morgan fingerprint density at radius 2 is 2.17 bits per heavy atom. The second-order valence-corrected chi connectivity index (χ2v) is 3.71. The first-order chi connectivity index (χ1) is 8.58. The molecule has 0 aliphatic carbocycles. The van der Waals surface area contributed by atoms with Gasteiger partial charge in [-0.05, 0) is 23.7 Å². The van der Waals surface area contributed by atoms with Crippen molar-refractivity contribution in [2.45, 2.75) is 0 Å². The number of halogens is 1. The number of rotatable bonds is 3. The van der Waals surface area contributed by atoms with Crippen LogP contribution in [0.3, 0.4) is 0 Å². The molecular weight excluding hydrogens is 260 g/mol. The molecule has 1 heterocycles. The fourth-order valence-corrected chi connectivity index (χ4v) is 1.55. The molecule has 0 aliphatic rings. The summed E-state index contributed by atoms with van der Waals surface area (Å²) in [5, 5.41) is 13.0. The summed E-state index contributed by atoms with van der Waals surface area (Å²) in [5.74, 6) is -0.491. The molecule has 0 fully saturated rings. The molecule has 0 saturated carbocycles. The van der Waals surface area contributed by atoms with Crippen molar-refractivity contribution in [3.8, 4) is 0 Å². The van der Waals surface area contributed by atoms with Crippen molar-refractivity contribution in [1.82, 2.24) is 0 Å². The number of nitrogens with one attached hydrogen (secondary N) is 1. The van der Waals surface area contributed by atoms with Crippen molar-refractivity contribution >= 4 is 28.9 Å². The van der Waals surface area contributed by atoms with Gasteiger partial charge in [0.15, 0.2) is 0 Å². The van der Waals surface area contributed by atoms with Crippen molar-refractivity contribution in [2.24, 2.45) is 0 Å². The maximum atomic E-state index is 11.8. The zero-order valence-corrected chi connectivity index (χ0v) is 9.68. The molecule has 1 N–H and O–H groups in total. The molecule has 2 aromatic rings. The van der Waals surface area contributed by atoms with Crippen molar-refractivity contribution in [3.63, 3.8) is 0 Å². The number of furan rings is 1. The van der Waals surface area contributed by atoms with Crippen LogP contribution in [0.2, 0.25) is 5.22 Å². The van der Waals surface area contributed by atoms with Gasteiger partial charge in [0, 0.05) is 17.8 Å².